The van der Waals surface area contributed by atoms with Crippen molar-refractivity contribution in [2.24, 2.45) is 0 Å². The number of rotatable bonds is 3. The molecule has 116 valence electrons. The Balaban J connectivity index is 2.31. The summed E-state index contributed by atoms with van der Waals surface area (Å²) in [6, 6.07) is 5.32. The zero-order valence-electron chi connectivity index (χ0n) is 12.5. The van der Waals surface area contributed by atoms with Gasteiger partial charge >= 0.3 is 0 Å². The predicted molar refractivity (Wildman–Crippen MR) is 83.7 cm³/mol. The van der Waals surface area contributed by atoms with Gasteiger partial charge < -0.3 is 10.3 Å². The van der Waals surface area contributed by atoms with E-state index in [1.165, 1.54) is 30.5 Å². The Bertz CT molecular complexity index is 784. The number of benzene rings is 1. The summed E-state index contributed by atoms with van der Waals surface area (Å²) in [6.45, 7) is 5.18. The zero-order chi connectivity index (χ0) is 16.5. The van der Waals surface area contributed by atoms with E-state index in [9.17, 15) is 14.0 Å². The molecule has 0 atom stereocenters. The quantitative estimate of drug-likeness (QED) is 0.912. The second-order valence-electron chi connectivity index (χ2n) is 5.60. The minimum Gasteiger partial charge on any atom is -0.364 e. The molecule has 0 aliphatic carbocycles. The van der Waals surface area contributed by atoms with Gasteiger partial charge in [0.2, 0.25) is 0 Å². The maximum absolute atomic E-state index is 13.1. The molecule has 0 saturated heterocycles. The lowest BCUT2D eigenvalue weighted by Gasteiger charge is -2.27. The highest BCUT2D eigenvalue weighted by Crippen LogP contribution is 2.28. The number of carbonyl (C=O) groups excluding carboxylic acids is 1. The third-order valence-electron chi connectivity index (χ3n) is 3.33. The van der Waals surface area contributed by atoms with Crippen molar-refractivity contribution in [1.29, 1.82) is 0 Å². The number of halogens is 2. The van der Waals surface area contributed by atoms with Gasteiger partial charge in [-0.15, -0.1) is 0 Å². The number of H-pyrrole nitrogens is 1. The van der Waals surface area contributed by atoms with Gasteiger partial charge in [0, 0.05) is 23.0 Å². The number of hydrogen-bond donors (Lipinski definition) is 2. The number of aryl methyl sites for hydroxylation is 1. The fraction of sp³-hybridized carbons (Fsp3) is 0.250. The van der Waals surface area contributed by atoms with Crippen LogP contribution in [0.4, 0.5) is 4.39 Å². The van der Waals surface area contributed by atoms with Gasteiger partial charge in [-0.25, -0.2) is 4.39 Å². The zero-order valence-corrected chi connectivity index (χ0v) is 13.2. The average Bonchev–Trinajstić information content (AvgIpc) is 2.37. The first-order valence-electron chi connectivity index (χ1n) is 6.68. The van der Waals surface area contributed by atoms with E-state index in [0.717, 1.165) is 0 Å². The molecular weight excluding hydrogens is 307 g/mol. The third kappa shape index (κ3) is 3.36. The van der Waals surface area contributed by atoms with E-state index in [1.807, 2.05) is 0 Å². The van der Waals surface area contributed by atoms with Crippen molar-refractivity contribution in [3.05, 3.63) is 68.3 Å². The molecule has 6 heteroatoms. The Morgan fingerprint density at radius 3 is 2.59 bits per heavy atom. The second-order valence-corrected chi connectivity index (χ2v) is 6.00. The Hall–Kier alpha value is -2.14. The SMILES string of the molecule is Cc1cc(=O)c(C(=O)NC(C)(C)c2ccc(F)cc2Cl)c[nH]1. The van der Waals surface area contributed by atoms with Crippen LogP contribution in [0.5, 0.6) is 0 Å². The number of aromatic nitrogens is 1. The van der Waals surface area contributed by atoms with E-state index in [4.69, 9.17) is 11.6 Å². The number of amides is 1. The maximum Gasteiger partial charge on any atom is 0.257 e. The summed E-state index contributed by atoms with van der Waals surface area (Å²) in [7, 11) is 0. The van der Waals surface area contributed by atoms with E-state index >= 15 is 0 Å². The number of pyridine rings is 1. The molecule has 1 aromatic carbocycles. The molecule has 22 heavy (non-hydrogen) atoms. The van der Waals surface area contributed by atoms with Crippen LogP contribution >= 0.6 is 11.6 Å². The van der Waals surface area contributed by atoms with Crippen LogP contribution in [0.1, 0.15) is 35.5 Å². The van der Waals surface area contributed by atoms with Crippen LogP contribution in [0.15, 0.2) is 35.3 Å². The highest BCUT2D eigenvalue weighted by Gasteiger charge is 2.27. The second kappa shape index (κ2) is 5.93. The van der Waals surface area contributed by atoms with Crippen LogP contribution in [-0.2, 0) is 5.54 Å². The Morgan fingerprint density at radius 1 is 1.32 bits per heavy atom. The largest absolute Gasteiger partial charge is 0.364 e. The van der Waals surface area contributed by atoms with Crippen LogP contribution in [-0.4, -0.2) is 10.9 Å². The first kappa shape index (κ1) is 16.2. The fourth-order valence-electron chi connectivity index (χ4n) is 2.17. The minimum atomic E-state index is -0.862. The standard InChI is InChI=1S/C16H16ClFN2O2/c1-9-6-14(21)11(8-19-9)15(22)20-16(2,3)12-5-4-10(18)7-13(12)17/h4-8H,1-3H3,(H,19,21)(H,20,22). The van der Waals surface area contributed by atoms with Crippen molar-refractivity contribution in [3.63, 3.8) is 0 Å². The lowest BCUT2D eigenvalue weighted by molar-refractivity contribution is 0.0910. The van der Waals surface area contributed by atoms with E-state index in [2.05, 4.69) is 10.3 Å². The van der Waals surface area contributed by atoms with Crippen LogP contribution in [0, 0.1) is 12.7 Å². The van der Waals surface area contributed by atoms with Gasteiger partial charge in [0.1, 0.15) is 11.4 Å². The number of hydrogen-bond acceptors (Lipinski definition) is 2. The lowest BCUT2D eigenvalue weighted by Crippen LogP contribution is -2.42. The molecular formula is C16H16ClFN2O2. The summed E-state index contributed by atoms with van der Waals surface area (Å²) in [4.78, 5) is 27.0. The highest BCUT2D eigenvalue weighted by atomic mass is 35.5. The lowest BCUT2D eigenvalue weighted by atomic mass is 9.93. The van der Waals surface area contributed by atoms with Crippen LogP contribution in [0.3, 0.4) is 0 Å². The first-order valence-corrected chi connectivity index (χ1v) is 7.06. The minimum absolute atomic E-state index is 0.0110. The molecule has 0 unspecified atom stereocenters. The van der Waals surface area contributed by atoms with Gasteiger partial charge in [-0.3, -0.25) is 9.59 Å². The normalized spacial score (nSPS) is 11.3. The van der Waals surface area contributed by atoms with Crippen LogP contribution in [0.2, 0.25) is 5.02 Å². The molecule has 4 nitrogen and oxygen atoms in total. The molecule has 2 aromatic rings. The van der Waals surface area contributed by atoms with Crippen LogP contribution < -0.4 is 10.7 Å². The summed E-state index contributed by atoms with van der Waals surface area (Å²) in [5.41, 5.74) is 0.0145. The molecule has 0 radical (unpaired) electrons. The van der Waals surface area contributed by atoms with E-state index < -0.39 is 17.3 Å². The maximum atomic E-state index is 13.1. The van der Waals surface area contributed by atoms with Crippen molar-refractivity contribution in [2.75, 3.05) is 0 Å². The van der Waals surface area contributed by atoms with Crippen molar-refractivity contribution >= 4 is 17.5 Å². The van der Waals surface area contributed by atoms with Gasteiger partial charge in [-0.2, -0.15) is 0 Å². The van der Waals surface area contributed by atoms with E-state index in [0.29, 0.717) is 11.3 Å². The summed E-state index contributed by atoms with van der Waals surface area (Å²) in [6.07, 6.45) is 1.37. The number of carbonyl (C=O) groups is 1. The number of aromatic amines is 1. The summed E-state index contributed by atoms with van der Waals surface area (Å²) < 4.78 is 13.1. The average molecular weight is 323 g/mol. The molecule has 0 spiro atoms. The molecule has 0 aliphatic rings. The van der Waals surface area contributed by atoms with E-state index in [1.54, 1.807) is 20.8 Å². The van der Waals surface area contributed by atoms with Gasteiger partial charge in [-0.05, 0) is 38.5 Å². The molecule has 1 heterocycles. The van der Waals surface area contributed by atoms with Gasteiger partial charge in [-0.1, -0.05) is 17.7 Å². The van der Waals surface area contributed by atoms with Gasteiger partial charge in [0.15, 0.2) is 5.43 Å². The van der Waals surface area contributed by atoms with Gasteiger partial charge in [0.05, 0.1) is 5.54 Å². The smallest absolute Gasteiger partial charge is 0.257 e. The van der Waals surface area contributed by atoms with Crippen molar-refractivity contribution in [2.45, 2.75) is 26.3 Å². The molecule has 2 N–H and O–H groups in total. The Labute approximate surface area is 132 Å². The molecule has 0 aliphatic heterocycles. The Kier molecular flexibility index (Phi) is 4.37. The monoisotopic (exact) mass is 322 g/mol. The van der Waals surface area contributed by atoms with Crippen molar-refractivity contribution in [3.8, 4) is 0 Å². The molecule has 0 fully saturated rings. The molecule has 0 saturated carbocycles. The number of nitrogens with one attached hydrogen (secondary N) is 2. The third-order valence-corrected chi connectivity index (χ3v) is 3.65. The summed E-state index contributed by atoms with van der Waals surface area (Å²) in [5, 5.41) is 2.95. The topological polar surface area (TPSA) is 62.0 Å². The summed E-state index contributed by atoms with van der Waals surface area (Å²) >= 11 is 6.04. The predicted octanol–water partition coefficient (Wildman–Crippen LogP) is 3.14. The fourth-order valence-corrected chi connectivity index (χ4v) is 2.57. The molecule has 1 amide bonds. The Morgan fingerprint density at radius 2 is 2.00 bits per heavy atom. The van der Waals surface area contributed by atoms with Crippen molar-refractivity contribution in [1.82, 2.24) is 10.3 Å². The van der Waals surface area contributed by atoms with Crippen molar-refractivity contribution < 1.29 is 9.18 Å². The molecule has 1 aromatic heterocycles. The first-order chi connectivity index (χ1) is 10.2. The summed E-state index contributed by atoms with van der Waals surface area (Å²) in [5.74, 6) is -0.975. The van der Waals surface area contributed by atoms with E-state index in [-0.39, 0.29) is 16.0 Å². The molecule has 0 bridgehead atoms. The van der Waals surface area contributed by atoms with Gasteiger partial charge in [0.25, 0.3) is 5.91 Å². The highest BCUT2D eigenvalue weighted by molar-refractivity contribution is 6.31. The molecule has 2 rings (SSSR count). The van der Waals surface area contributed by atoms with Crippen LogP contribution in [0.25, 0.3) is 0 Å².